The largest absolute Gasteiger partial charge is 0.341 e. The topological polar surface area (TPSA) is 65.1 Å². The maximum Gasteiger partial charge on any atom is 0.255 e. The molecule has 30 heavy (non-hydrogen) atoms. The molecule has 2 aromatic heterocycles. The third-order valence-electron chi connectivity index (χ3n) is 5.91. The van der Waals surface area contributed by atoms with Crippen LogP contribution in [0.4, 0.5) is 5.95 Å². The average molecular weight is 404 g/mol. The zero-order chi connectivity index (χ0) is 21.1. The number of aromatic amines is 1. The maximum absolute atomic E-state index is 12.8. The van der Waals surface area contributed by atoms with E-state index in [1.807, 2.05) is 30.3 Å². The number of anilines is 1. The van der Waals surface area contributed by atoms with Crippen LogP contribution in [-0.2, 0) is 25.9 Å². The van der Waals surface area contributed by atoms with Gasteiger partial charge in [0.05, 0.1) is 5.69 Å². The first kappa shape index (κ1) is 20.3. The summed E-state index contributed by atoms with van der Waals surface area (Å²) in [5.74, 6) is 0.616. The van der Waals surface area contributed by atoms with Gasteiger partial charge in [0, 0.05) is 57.6 Å². The molecule has 6 heteroatoms. The number of aromatic nitrogens is 3. The van der Waals surface area contributed by atoms with Crippen molar-refractivity contribution in [2.45, 2.75) is 39.8 Å². The summed E-state index contributed by atoms with van der Waals surface area (Å²) in [5.41, 5.74) is 6.79. The smallest absolute Gasteiger partial charge is 0.255 e. The highest BCUT2D eigenvalue weighted by Gasteiger charge is 2.20. The molecule has 1 aliphatic rings. The van der Waals surface area contributed by atoms with Crippen molar-refractivity contribution in [3.63, 3.8) is 0 Å². The molecule has 0 bridgehead atoms. The van der Waals surface area contributed by atoms with E-state index >= 15 is 0 Å². The van der Waals surface area contributed by atoms with E-state index in [-0.39, 0.29) is 5.56 Å². The van der Waals surface area contributed by atoms with Crippen LogP contribution in [-0.4, -0.2) is 40.0 Å². The van der Waals surface area contributed by atoms with Gasteiger partial charge in [-0.2, -0.15) is 0 Å². The van der Waals surface area contributed by atoms with Crippen molar-refractivity contribution in [3.8, 4) is 0 Å². The summed E-state index contributed by atoms with van der Waals surface area (Å²) in [6.45, 7) is 7.62. The Morgan fingerprint density at radius 3 is 2.70 bits per heavy atom. The number of pyridine rings is 1. The minimum absolute atomic E-state index is 0.0129. The average Bonchev–Trinajstić information content (AvgIpc) is 2.94. The van der Waals surface area contributed by atoms with Crippen LogP contribution in [0.2, 0.25) is 0 Å². The van der Waals surface area contributed by atoms with E-state index in [1.54, 1.807) is 6.20 Å². The van der Waals surface area contributed by atoms with Gasteiger partial charge in [-0.15, -0.1) is 0 Å². The number of H-pyrrole nitrogens is 1. The summed E-state index contributed by atoms with van der Waals surface area (Å²) in [5, 5.41) is 0. The Labute approximate surface area is 177 Å². The molecule has 0 aliphatic carbocycles. The number of fused-ring (bicyclic) bond motifs is 1. The predicted octanol–water partition coefficient (Wildman–Crippen LogP) is 3.02. The van der Waals surface area contributed by atoms with E-state index in [0.717, 1.165) is 49.3 Å². The molecule has 6 nitrogen and oxygen atoms in total. The molecule has 3 aromatic rings. The lowest BCUT2D eigenvalue weighted by molar-refractivity contribution is 0.279. The van der Waals surface area contributed by atoms with Crippen LogP contribution in [0.5, 0.6) is 0 Å². The highest BCUT2D eigenvalue weighted by Crippen LogP contribution is 2.17. The summed E-state index contributed by atoms with van der Waals surface area (Å²) in [6.07, 6.45) is 5.12. The fraction of sp³-hybridized carbons (Fsp3) is 0.375. The van der Waals surface area contributed by atoms with Gasteiger partial charge in [0.1, 0.15) is 0 Å². The van der Waals surface area contributed by atoms with Crippen LogP contribution in [0.1, 0.15) is 33.5 Å². The molecule has 0 amide bonds. The molecule has 0 saturated carbocycles. The van der Waals surface area contributed by atoms with Gasteiger partial charge < -0.3 is 4.90 Å². The van der Waals surface area contributed by atoms with Crippen molar-refractivity contribution in [2.24, 2.45) is 0 Å². The van der Waals surface area contributed by atoms with Crippen LogP contribution in [0.25, 0.3) is 0 Å². The summed E-state index contributed by atoms with van der Waals surface area (Å²) in [6, 6.07) is 10.6. The van der Waals surface area contributed by atoms with Crippen molar-refractivity contribution in [1.82, 2.24) is 19.9 Å². The Morgan fingerprint density at radius 2 is 1.93 bits per heavy atom. The van der Waals surface area contributed by atoms with Gasteiger partial charge in [-0.1, -0.05) is 24.3 Å². The number of nitrogens with one attached hydrogen (secondary N) is 1. The number of nitrogens with zero attached hydrogens (tertiary/aromatic N) is 4. The third-order valence-corrected chi connectivity index (χ3v) is 5.91. The van der Waals surface area contributed by atoms with E-state index in [4.69, 9.17) is 4.98 Å². The quantitative estimate of drug-likeness (QED) is 0.709. The Balaban J connectivity index is 1.48. The Hall–Kier alpha value is -2.99. The van der Waals surface area contributed by atoms with E-state index in [0.29, 0.717) is 12.5 Å². The van der Waals surface area contributed by atoms with E-state index in [9.17, 15) is 4.79 Å². The molecule has 0 spiro atoms. The molecule has 1 aliphatic heterocycles. The lowest BCUT2D eigenvalue weighted by atomic mass is 10.1. The van der Waals surface area contributed by atoms with Gasteiger partial charge >= 0.3 is 0 Å². The van der Waals surface area contributed by atoms with Crippen LogP contribution in [0.15, 0.2) is 47.5 Å². The second kappa shape index (κ2) is 8.79. The van der Waals surface area contributed by atoms with Crippen LogP contribution in [0, 0.1) is 13.8 Å². The van der Waals surface area contributed by atoms with E-state index < -0.39 is 0 Å². The Bertz CT molecular complexity index is 1080. The molecule has 4 rings (SSSR count). The van der Waals surface area contributed by atoms with E-state index in [1.165, 1.54) is 16.7 Å². The van der Waals surface area contributed by atoms with Crippen molar-refractivity contribution in [2.75, 3.05) is 25.0 Å². The van der Waals surface area contributed by atoms with E-state index in [2.05, 4.69) is 46.9 Å². The SMILES string of the molecule is Cc1ccc(CN2CCc3nc(N(C)Cc4cccnc4)[nH]c(=O)c3CC2)cc1C. The molecule has 156 valence electrons. The minimum Gasteiger partial charge on any atom is -0.341 e. The number of hydrogen-bond acceptors (Lipinski definition) is 5. The number of hydrogen-bond donors (Lipinski definition) is 1. The summed E-state index contributed by atoms with van der Waals surface area (Å²) in [4.78, 5) is 29.1. The summed E-state index contributed by atoms with van der Waals surface area (Å²) in [7, 11) is 1.94. The van der Waals surface area contributed by atoms with Gasteiger partial charge in [0.15, 0.2) is 0 Å². The molecule has 0 fully saturated rings. The Kier molecular flexibility index (Phi) is 5.95. The monoisotopic (exact) mass is 403 g/mol. The normalized spacial score (nSPS) is 14.2. The lowest BCUT2D eigenvalue weighted by Crippen LogP contribution is -2.27. The molecule has 0 radical (unpaired) electrons. The highest BCUT2D eigenvalue weighted by molar-refractivity contribution is 5.35. The van der Waals surface area contributed by atoms with Crippen LogP contribution in [0.3, 0.4) is 0 Å². The zero-order valence-corrected chi connectivity index (χ0v) is 18.0. The van der Waals surface area contributed by atoms with Gasteiger partial charge in [-0.05, 0) is 48.6 Å². The molecular formula is C24H29N5O. The van der Waals surface area contributed by atoms with Crippen molar-refractivity contribution >= 4 is 5.95 Å². The molecular weight excluding hydrogens is 374 g/mol. The summed E-state index contributed by atoms with van der Waals surface area (Å²) < 4.78 is 0. The summed E-state index contributed by atoms with van der Waals surface area (Å²) >= 11 is 0. The van der Waals surface area contributed by atoms with Crippen molar-refractivity contribution in [3.05, 3.63) is 86.6 Å². The molecule has 3 heterocycles. The minimum atomic E-state index is -0.0129. The lowest BCUT2D eigenvalue weighted by Gasteiger charge is -2.20. The number of aryl methyl sites for hydroxylation is 2. The van der Waals surface area contributed by atoms with Crippen molar-refractivity contribution in [1.29, 1.82) is 0 Å². The molecule has 0 unspecified atom stereocenters. The number of rotatable bonds is 5. The highest BCUT2D eigenvalue weighted by atomic mass is 16.1. The second-order valence-corrected chi connectivity index (χ2v) is 8.23. The predicted molar refractivity (Wildman–Crippen MR) is 120 cm³/mol. The Morgan fingerprint density at radius 1 is 1.10 bits per heavy atom. The standard InChI is InChI=1S/C24H29N5O/c1-17-6-7-19(13-18(17)2)16-29-11-8-21-22(9-12-29)26-24(27-23(21)30)28(3)15-20-5-4-10-25-14-20/h4-7,10,13-14H,8-9,11-12,15-16H2,1-3H3,(H,26,27,30). The first-order valence-corrected chi connectivity index (χ1v) is 10.5. The zero-order valence-electron chi connectivity index (χ0n) is 18.0. The van der Waals surface area contributed by atoms with Gasteiger partial charge in [-0.3, -0.25) is 19.7 Å². The van der Waals surface area contributed by atoms with Gasteiger partial charge in [0.25, 0.3) is 5.56 Å². The molecule has 0 atom stereocenters. The third kappa shape index (κ3) is 4.60. The first-order valence-electron chi connectivity index (χ1n) is 10.5. The van der Waals surface area contributed by atoms with Gasteiger partial charge in [-0.25, -0.2) is 4.98 Å². The molecule has 1 aromatic carbocycles. The molecule has 0 saturated heterocycles. The second-order valence-electron chi connectivity index (χ2n) is 8.23. The van der Waals surface area contributed by atoms with Gasteiger partial charge in [0.2, 0.25) is 5.95 Å². The molecule has 1 N–H and O–H groups in total. The fourth-order valence-corrected chi connectivity index (χ4v) is 3.98. The first-order chi connectivity index (χ1) is 14.5. The van der Waals surface area contributed by atoms with Crippen LogP contribution >= 0.6 is 0 Å². The van der Waals surface area contributed by atoms with Crippen LogP contribution < -0.4 is 10.5 Å². The fourth-order valence-electron chi connectivity index (χ4n) is 3.98. The number of benzene rings is 1. The van der Waals surface area contributed by atoms with Crippen molar-refractivity contribution < 1.29 is 0 Å². The maximum atomic E-state index is 12.8.